The number of benzene rings is 1. The molecule has 0 bridgehead atoms. The van der Waals surface area contributed by atoms with E-state index in [9.17, 15) is 0 Å². The summed E-state index contributed by atoms with van der Waals surface area (Å²) in [4.78, 5) is 2.63. The minimum absolute atomic E-state index is 0.242. The predicted octanol–water partition coefficient (Wildman–Crippen LogP) is 2.92. The SMILES string of the molecule is CC1CN(C2CCc3cc(B4OC(C)(C)C(C)(C)O4)ccc32)C1. The van der Waals surface area contributed by atoms with Gasteiger partial charge in [-0.1, -0.05) is 25.1 Å². The van der Waals surface area contributed by atoms with E-state index in [1.807, 2.05) is 0 Å². The summed E-state index contributed by atoms with van der Waals surface area (Å²) >= 11 is 0. The van der Waals surface area contributed by atoms with Crippen LogP contribution in [-0.2, 0) is 15.7 Å². The van der Waals surface area contributed by atoms with E-state index in [2.05, 4.69) is 57.7 Å². The Balaban J connectivity index is 1.55. The van der Waals surface area contributed by atoms with E-state index in [0.717, 1.165) is 5.92 Å². The maximum Gasteiger partial charge on any atom is 0.494 e. The minimum atomic E-state index is -0.271. The number of nitrogens with zero attached hydrogens (tertiary/aromatic N) is 1. The van der Waals surface area contributed by atoms with Crippen LogP contribution in [0.1, 0.15) is 58.2 Å². The van der Waals surface area contributed by atoms with Crippen LogP contribution < -0.4 is 5.46 Å². The molecule has 1 unspecified atom stereocenters. The summed E-state index contributed by atoms with van der Waals surface area (Å²) in [6.07, 6.45) is 2.44. The maximum absolute atomic E-state index is 6.20. The molecule has 4 heteroatoms. The highest BCUT2D eigenvalue weighted by Crippen LogP contribution is 2.40. The maximum atomic E-state index is 6.20. The molecule has 1 atom stereocenters. The highest BCUT2D eigenvalue weighted by molar-refractivity contribution is 6.62. The van der Waals surface area contributed by atoms with Gasteiger partial charge < -0.3 is 9.31 Å². The smallest absolute Gasteiger partial charge is 0.399 e. The largest absolute Gasteiger partial charge is 0.494 e. The fourth-order valence-corrected chi connectivity index (χ4v) is 4.12. The molecule has 3 aliphatic rings. The Kier molecular flexibility index (Phi) is 3.46. The van der Waals surface area contributed by atoms with Crippen LogP contribution in [0.4, 0.5) is 0 Å². The van der Waals surface area contributed by atoms with E-state index >= 15 is 0 Å². The van der Waals surface area contributed by atoms with Gasteiger partial charge in [0.05, 0.1) is 11.2 Å². The summed E-state index contributed by atoms with van der Waals surface area (Å²) in [5.74, 6) is 0.864. The number of rotatable bonds is 2. The van der Waals surface area contributed by atoms with Gasteiger partial charge in [-0.3, -0.25) is 4.90 Å². The summed E-state index contributed by atoms with van der Waals surface area (Å²) < 4.78 is 12.4. The molecular formula is C19H28BNO2. The first-order valence-corrected chi connectivity index (χ1v) is 8.99. The normalized spacial score (nSPS) is 29.6. The molecule has 0 amide bonds. The van der Waals surface area contributed by atoms with Crippen LogP contribution in [-0.4, -0.2) is 36.3 Å². The molecule has 3 nitrogen and oxygen atoms in total. The van der Waals surface area contributed by atoms with E-state index in [4.69, 9.17) is 9.31 Å². The van der Waals surface area contributed by atoms with Crippen LogP contribution >= 0.6 is 0 Å². The molecule has 0 aromatic heterocycles. The predicted molar refractivity (Wildman–Crippen MR) is 94.0 cm³/mol. The highest BCUT2D eigenvalue weighted by atomic mass is 16.7. The quantitative estimate of drug-likeness (QED) is 0.784. The van der Waals surface area contributed by atoms with Crippen LogP contribution in [0, 0.1) is 5.92 Å². The Bertz CT molecular complexity index is 606. The van der Waals surface area contributed by atoms with Gasteiger partial charge in [0.2, 0.25) is 0 Å². The molecule has 1 aliphatic carbocycles. The van der Waals surface area contributed by atoms with Gasteiger partial charge in [-0.25, -0.2) is 0 Å². The van der Waals surface area contributed by atoms with Crippen LogP contribution in [0.5, 0.6) is 0 Å². The lowest BCUT2D eigenvalue weighted by molar-refractivity contribution is 0.00578. The van der Waals surface area contributed by atoms with Gasteiger partial charge in [0.15, 0.2) is 0 Å². The average molecular weight is 313 g/mol. The molecule has 1 aromatic rings. The summed E-state index contributed by atoms with van der Waals surface area (Å²) in [5, 5.41) is 0. The van der Waals surface area contributed by atoms with Gasteiger partial charge in [0, 0.05) is 19.1 Å². The molecule has 2 fully saturated rings. The summed E-state index contributed by atoms with van der Waals surface area (Å²) in [5.41, 5.74) is 3.64. The van der Waals surface area contributed by atoms with Gasteiger partial charge in [-0.15, -0.1) is 0 Å². The Morgan fingerprint density at radius 3 is 2.35 bits per heavy atom. The van der Waals surface area contributed by atoms with Crippen molar-refractivity contribution in [2.24, 2.45) is 5.92 Å². The van der Waals surface area contributed by atoms with E-state index in [1.165, 1.54) is 42.5 Å². The standard InChI is InChI=1S/C19H28BNO2/c1-13-11-21(12-13)17-9-6-14-10-15(7-8-16(14)17)20-22-18(2,3)19(4,5)23-20/h7-8,10,13,17H,6,9,11-12H2,1-5H3. The molecule has 2 heterocycles. The lowest BCUT2D eigenvalue weighted by atomic mass is 9.77. The van der Waals surface area contributed by atoms with Crippen molar-refractivity contribution in [2.45, 2.75) is 64.7 Å². The second kappa shape index (κ2) is 5.08. The summed E-state index contributed by atoms with van der Waals surface area (Å²) in [7, 11) is -0.242. The second-order valence-electron chi connectivity index (χ2n) is 8.66. The van der Waals surface area contributed by atoms with E-state index in [-0.39, 0.29) is 18.3 Å². The number of fused-ring (bicyclic) bond motifs is 1. The van der Waals surface area contributed by atoms with Crippen LogP contribution in [0.25, 0.3) is 0 Å². The average Bonchev–Trinajstić information content (AvgIpc) is 2.93. The number of likely N-dealkylation sites (tertiary alicyclic amines) is 1. The first-order valence-electron chi connectivity index (χ1n) is 8.99. The molecule has 0 radical (unpaired) electrons. The Morgan fingerprint density at radius 1 is 1.09 bits per heavy atom. The number of hydrogen-bond donors (Lipinski definition) is 0. The zero-order valence-corrected chi connectivity index (χ0v) is 15.1. The van der Waals surface area contributed by atoms with Crippen molar-refractivity contribution in [3.05, 3.63) is 29.3 Å². The third kappa shape index (κ3) is 2.46. The lowest BCUT2D eigenvalue weighted by Gasteiger charge is -2.42. The van der Waals surface area contributed by atoms with Gasteiger partial charge in [-0.2, -0.15) is 0 Å². The third-order valence-corrected chi connectivity index (χ3v) is 6.27. The fraction of sp³-hybridized carbons (Fsp3) is 0.684. The van der Waals surface area contributed by atoms with Crippen molar-refractivity contribution in [3.8, 4) is 0 Å². The molecule has 0 N–H and O–H groups in total. The Morgan fingerprint density at radius 2 is 1.74 bits per heavy atom. The Hall–Kier alpha value is -0.835. The van der Waals surface area contributed by atoms with Crippen molar-refractivity contribution in [2.75, 3.05) is 13.1 Å². The van der Waals surface area contributed by atoms with Crippen LogP contribution in [0.2, 0.25) is 0 Å². The molecule has 1 aromatic carbocycles. The van der Waals surface area contributed by atoms with Gasteiger partial charge in [0.1, 0.15) is 0 Å². The first-order chi connectivity index (χ1) is 10.8. The van der Waals surface area contributed by atoms with Crippen molar-refractivity contribution < 1.29 is 9.31 Å². The van der Waals surface area contributed by atoms with Gasteiger partial charge in [0.25, 0.3) is 0 Å². The number of hydrogen-bond acceptors (Lipinski definition) is 3. The van der Waals surface area contributed by atoms with Gasteiger partial charge >= 0.3 is 7.12 Å². The molecular weight excluding hydrogens is 285 g/mol. The van der Waals surface area contributed by atoms with Crippen molar-refractivity contribution in [1.82, 2.24) is 4.90 Å². The molecule has 2 aliphatic heterocycles. The number of aryl methyl sites for hydroxylation is 1. The van der Waals surface area contributed by atoms with Gasteiger partial charge in [-0.05, 0) is 63.0 Å². The molecule has 0 spiro atoms. The minimum Gasteiger partial charge on any atom is -0.399 e. The summed E-state index contributed by atoms with van der Waals surface area (Å²) in [6.45, 7) is 13.3. The van der Waals surface area contributed by atoms with Crippen molar-refractivity contribution in [3.63, 3.8) is 0 Å². The highest BCUT2D eigenvalue weighted by Gasteiger charge is 2.51. The molecule has 124 valence electrons. The monoisotopic (exact) mass is 313 g/mol. The lowest BCUT2D eigenvalue weighted by Crippen LogP contribution is -2.46. The molecule has 23 heavy (non-hydrogen) atoms. The van der Waals surface area contributed by atoms with Crippen molar-refractivity contribution in [1.29, 1.82) is 0 Å². The fourth-order valence-electron chi connectivity index (χ4n) is 4.12. The third-order valence-electron chi connectivity index (χ3n) is 6.27. The van der Waals surface area contributed by atoms with Crippen LogP contribution in [0.3, 0.4) is 0 Å². The zero-order chi connectivity index (χ0) is 16.4. The zero-order valence-electron chi connectivity index (χ0n) is 15.1. The van der Waals surface area contributed by atoms with Crippen molar-refractivity contribution >= 4 is 12.6 Å². The Labute approximate surface area is 140 Å². The van der Waals surface area contributed by atoms with E-state index in [1.54, 1.807) is 0 Å². The topological polar surface area (TPSA) is 21.7 Å². The van der Waals surface area contributed by atoms with E-state index < -0.39 is 0 Å². The molecule has 2 saturated heterocycles. The first kappa shape index (κ1) is 15.7. The summed E-state index contributed by atoms with van der Waals surface area (Å²) in [6, 6.07) is 7.48. The van der Waals surface area contributed by atoms with E-state index in [0.29, 0.717) is 6.04 Å². The van der Waals surface area contributed by atoms with Crippen LogP contribution in [0.15, 0.2) is 18.2 Å². The molecule has 0 saturated carbocycles. The second-order valence-corrected chi connectivity index (χ2v) is 8.66. The molecule has 4 rings (SSSR count).